The van der Waals surface area contributed by atoms with Crippen LogP contribution >= 0.6 is 0 Å². The second kappa shape index (κ2) is 8.23. The third kappa shape index (κ3) is 3.31. The maximum atomic E-state index is 14.5. The molecule has 3 aromatic heterocycles. The van der Waals surface area contributed by atoms with E-state index in [1.54, 1.807) is 24.7 Å². The third-order valence-corrected chi connectivity index (χ3v) is 8.18. The first-order chi connectivity index (χ1) is 17.8. The number of nitriles is 1. The highest BCUT2D eigenvalue weighted by atomic mass is 19.1. The van der Waals surface area contributed by atoms with Gasteiger partial charge in [-0.25, -0.2) is 18.7 Å². The van der Waals surface area contributed by atoms with Crippen LogP contribution in [0.4, 0.5) is 8.78 Å². The molecule has 1 saturated carbocycles. The molecule has 3 atom stereocenters. The van der Waals surface area contributed by atoms with Gasteiger partial charge in [0, 0.05) is 18.5 Å². The summed E-state index contributed by atoms with van der Waals surface area (Å²) in [5.74, 6) is -1.05. The van der Waals surface area contributed by atoms with Gasteiger partial charge < -0.3 is 4.42 Å². The van der Waals surface area contributed by atoms with E-state index in [1.807, 2.05) is 6.92 Å². The normalized spacial score (nSPS) is 22.0. The summed E-state index contributed by atoms with van der Waals surface area (Å²) in [7, 11) is 0. The predicted molar refractivity (Wildman–Crippen MR) is 130 cm³/mol. The van der Waals surface area contributed by atoms with Crippen molar-refractivity contribution in [2.75, 3.05) is 0 Å². The van der Waals surface area contributed by atoms with Crippen molar-refractivity contribution >= 4 is 0 Å². The van der Waals surface area contributed by atoms with E-state index in [9.17, 15) is 8.78 Å². The predicted octanol–water partition coefficient (Wildman–Crippen LogP) is 5.77. The smallest absolute Gasteiger partial charge is 0.246 e. The molecule has 0 radical (unpaired) electrons. The molecule has 0 saturated heterocycles. The van der Waals surface area contributed by atoms with E-state index in [0.717, 1.165) is 29.8 Å². The van der Waals surface area contributed by atoms with Gasteiger partial charge in [0.15, 0.2) is 0 Å². The lowest BCUT2D eigenvalue weighted by Gasteiger charge is -2.37. The number of nitrogens with zero attached hydrogens (tertiary/aromatic N) is 6. The SMILES string of the molecule is C[C@@H](C#N)Cc1coc(-c2cncc([C@@]34CC[C@@H](c5cc(-c6c(F)cccc6F)nnc53)C4(C)C)n2)n1. The number of rotatable bonds is 5. The van der Waals surface area contributed by atoms with E-state index in [4.69, 9.17) is 14.7 Å². The van der Waals surface area contributed by atoms with Gasteiger partial charge >= 0.3 is 0 Å². The van der Waals surface area contributed by atoms with Gasteiger partial charge in [0.1, 0.15) is 23.6 Å². The quantitative estimate of drug-likeness (QED) is 0.344. The molecule has 9 heteroatoms. The minimum Gasteiger partial charge on any atom is -0.443 e. The third-order valence-electron chi connectivity index (χ3n) is 8.18. The van der Waals surface area contributed by atoms with Crippen LogP contribution < -0.4 is 0 Å². The van der Waals surface area contributed by atoms with Crippen molar-refractivity contribution in [2.45, 2.75) is 51.4 Å². The Kier molecular flexibility index (Phi) is 5.19. The molecule has 37 heavy (non-hydrogen) atoms. The van der Waals surface area contributed by atoms with Crippen LogP contribution in [0.15, 0.2) is 47.3 Å². The van der Waals surface area contributed by atoms with Crippen molar-refractivity contribution in [2.24, 2.45) is 11.3 Å². The molecular weight excluding hydrogens is 474 g/mol. The first kappa shape index (κ1) is 23.3. The molecule has 0 N–H and O–H groups in total. The van der Waals surface area contributed by atoms with E-state index in [-0.39, 0.29) is 28.5 Å². The van der Waals surface area contributed by atoms with Gasteiger partial charge in [0.25, 0.3) is 0 Å². The Balaban J connectivity index is 1.44. The number of hydrogen-bond donors (Lipinski definition) is 0. The lowest BCUT2D eigenvalue weighted by atomic mass is 9.66. The molecule has 0 spiro atoms. The number of benzene rings is 1. The molecule has 0 unspecified atom stereocenters. The highest BCUT2D eigenvalue weighted by molar-refractivity contribution is 5.64. The van der Waals surface area contributed by atoms with Gasteiger partial charge in [-0.1, -0.05) is 19.9 Å². The number of halogens is 2. The molecule has 0 aliphatic heterocycles. The largest absolute Gasteiger partial charge is 0.443 e. The fourth-order valence-corrected chi connectivity index (χ4v) is 6.31. The molecule has 7 nitrogen and oxygen atoms in total. The van der Waals surface area contributed by atoms with E-state index < -0.39 is 17.0 Å². The molecule has 0 amide bonds. The van der Waals surface area contributed by atoms with Crippen molar-refractivity contribution in [1.29, 1.82) is 5.26 Å². The molecule has 2 bridgehead atoms. The van der Waals surface area contributed by atoms with Crippen molar-refractivity contribution < 1.29 is 13.2 Å². The fourth-order valence-electron chi connectivity index (χ4n) is 6.31. The standard InChI is InChI=1S/C28H24F2N6O/c1-15(11-31)9-16-14-37-26(33-16)22-12-32-13-23(34-22)28-8-7-18(27(28,2)3)17-10-21(35-36-25(17)28)24-19(29)5-4-6-20(24)30/h4-6,10,12-15,18H,7-9H2,1-3H3/t15-,18+,28+/m1/s1. The maximum Gasteiger partial charge on any atom is 0.246 e. The number of fused-ring (bicyclic) bond motifs is 5. The molecule has 1 fully saturated rings. The molecule has 2 aliphatic carbocycles. The molecule has 4 aromatic rings. The second-order valence-electron chi connectivity index (χ2n) is 10.5. The maximum absolute atomic E-state index is 14.5. The minimum absolute atomic E-state index is 0.123. The summed E-state index contributed by atoms with van der Waals surface area (Å²) in [6, 6.07) is 7.76. The van der Waals surface area contributed by atoms with Crippen LogP contribution in [0, 0.1) is 34.3 Å². The van der Waals surface area contributed by atoms with Crippen LogP contribution in [-0.4, -0.2) is 25.1 Å². The summed E-state index contributed by atoms with van der Waals surface area (Å²) < 4.78 is 34.7. The Morgan fingerprint density at radius 2 is 1.92 bits per heavy atom. The Morgan fingerprint density at radius 1 is 1.14 bits per heavy atom. The first-order valence-corrected chi connectivity index (χ1v) is 12.3. The van der Waals surface area contributed by atoms with Crippen LogP contribution in [0.2, 0.25) is 0 Å². The van der Waals surface area contributed by atoms with Crippen molar-refractivity contribution in [3.05, 3.63) is 77.2 Å². The van der Waals surface area contributed by atoms with E-state index in [0.29, 0.717) is 23.7 Å². The molecule has 1 aromatic carbocycles. The van der Waals surface area contributed by atoms with Crippen LogP contribution in [-0.2, 0) is 11.8 Å². The van der Waals surface area contributed by atoms with Crippen LogP contribution in [0.3, 0.4) is 0 Å². The Labute approximate surface area is 212 Å². The molecular formula is C28H24F2N6O. The minimum atomic E-state index is -0.667. The molecule has 2 aliphatic rings. The molecule has 3 heterocycles. The summed E-state index contributed by atoms with van der Waals surface area (Å²) >= 11 is 0. The molecule has 6 rings (SSSR count). The number of oxazole rings is 1. The van der Waals surface area contributed by atoms with Gasteiger partial charge in [-0.05, 0) is 54.9 Å². The lowest BCUT2D eigenvalue weighted by molar-refractivity contribution is 0.242. The zero-order valence-corrected chi connectivity index (χ0v) is 20.7. The second-order valence-corrected chi connectivity index (χ2v) is 10.5. The summed E-state index contributed by atoms with van der Waals surface area (Å²) in [4.78, 5) is 13.9. The summed E-state index contributed by atoms with van der Waals surface area (Å²) in [6.07, 6.45) is 7.07. The zero-order chi connectivity index (χ0) is 25.9. The van der Waals surface area contributed by atoms with Gasteiger partial charge in [-0.2, -0.15) is 10.4 Å². The Hall–Kier alpha value is -4.06. The average molecular weight is 499 g/mol. The summed E-state index contributed by atoms with van der Waals surface area (Å²) in [6.45, 7) is 6.18. The summed E-state index contributed by atoms with van der Waals surface area (Å²) in [5, 5.41) is 18.0. The van der Waals surface area contributed by atoms with Gasteiger partial charge in [0.2, 0.25) is 5.89 Å². The van der Waals surface area contributed by atoms with Gasteiger partial charge in [0.05, 0.1) is 46.0 Å². The number of aromatic nitrogens is 5. The van der Waals surface area contributed by atoms with E-state index in [1.165, 1.54) is 18.2 Å². The number of hydrogen-bond acceptors (Lipinski definition) is 7. The highest BCUT2D eigenvalue weighted by Gasteiger charge is 2.65. The van der Waals surface area contributed by atoms with Crippen molar-refractivity contribution in [3.8, 4) is 28.9 Å². The van der Waals surface area contributed by atoms with Crippen molar-refractivity contribution in [3.63, 3.8) is 0 Å². The van der Waals surface area contributed by atoms with Gasteiger partial charge in [-0.15, -0.1) is 5.10 Å². The first-order valence-electron chi connectivity index (χ1n) is 12.3. The average Bonchev–Trinajstić information content (AvgIpc) is 3.51. The summed E-state index contributed by atoms with van der Waals surface area (Å²) in [5.41, 5.74) is 2.80. The van der Waals surface area contributed by atoms with Crippen LogP contribution in [0.1, 0.15) is 62.2 Å². The Bertz CT molecular complexity index is 1550. The topological polar surface area (TPSA) is 101 Å². The van der Waals surface area contributed by atoms with E-state index in [2.05, 4.69) is 40.1 Å². The van der Waals surface area contributed by atoms with Crippen LogP contribution in [0.5, 0.6) is 0 Å². The fraction of sp³-hybridized carbons (Fsp3) is 0.357. The zero-order valence-electron chi connectivity index (χ0n) is 20.7. The monoisotopic (exact) mass is 498 g/mol. The highest BCUT2D eigenvalue weighted by Crippen LogP contribution is 2.69. The van der Waals surface area contributed by atoms with Gasteiger partial charge in [-0.3, -0.25) is 4.98 Å². The Morgan fingerprint density at radius 3 is 2.68 bits per heavy atom. The van der Waals surface area contributed by atoms with Crippen LogP contribution in [0.25, 0.3) is 22.8 Å². The van der Waals surface area contributed by atoms with Crippen molar-refractivity contribution in [1.82, 2.24) is 25.1 Å². The molecule has 186 valence electrons. The lowest BCUT2D eigenvalue weighted by Crippen LogP contribution is -2.38. The van der Waals surface area contributed by atoms with E-state index >= 15 is 0 Å².